The van der Waals surface area contributed by atoms with Crippen LogP contribution in [0.4, 0.5) is 5.82 Å². The van der Waals surface area contributed by atoms with Crippen molar-refractivity contribution in [3.05, 3.63) is 30.1 Å². The first-order valence-electron chi connectivity index (χ1n) is 8.53. The predicted molar refractivity (Wildman–Crippen MR) is 95.5 cm³/mol. The number of nitrogens with one attached hydrogen (secondary N) is 1. The number of rotatable bonds is 7. The molecule has 1 N–H and O–H groups in total. The minimum absolute atomic E-state index is 0.271. The van der Waals surface area contributed by atoms with E-state index in [1.54, 1.807) is 19.4 Å². The van der Waals surface area contributed by atoms with Gasteiger partial charge in [-0.05, 0) is 25.8 Å². The maximum Gasteiger partial charge on any atom is 0.222 e. The second-order valence-corrected chi connectivity index (χ2v) is 6.07. The van der Waals surface area contributed by atoms with Gasteiger partial charge in [-0.2, -0.15) is 0 Å². The number of hydrogen-bond acceptors (Lipinski definition) is 6. The molecule has 7 heteroatoms. The SMILES string of the molecule is COc1ccc(-c2nc(C)cc(NCCCN3CCCC3=O)n2)cn1. The van der Waals surface area contributed by atoms with E-state index in [0.717, 1.165) is 49.6 Å². The van der Waals surface area contributed by atoms with Gasteiger partial charge in [0.05, 0.1) is 7.11 Å². The van der Waals surface area contributed by atoms with Crippen molar-refractivity contribution in [2.45, 2.75) is 26.2 Å². The summed E-state index contributed by atoms with van der Waals surface area (Å²) < 4.78 is 5.08. The van der Waals surface area contributed by atoms with Crippen LogP contribution >= 0.6 is 0 Å². The van der Waals surface area contributed by atoms with Crippen molar-refractivity contribution in [3.63, 3.8) is 0 Å². The van der Waals surface area contributed by atoms with Crippen LogP contribution in [0.1, 0.15) is 25.0 Å². The fourth-order valence-electron chi connectivity index (χ4n) is 2.85. The molecule has 1 amide bonds. The van der Waals surface area contributed by atoms with Crippen molar-refractivity contribution in [1.82, 2.24) is 19.9 Å². The Hall–Kier alpha value is -2.70. The number of aryl methyl sites for hydroxylation is 1. The highest BCUT2D eigenvalue weighted by Gasteiger charge is 2.18. The molecule has 7 nitrogen and oxygen atoms in total. The van der Waals surface area contributed by atoms with Crippen LogP contribution in [0.5, 0.6) is 5.88 Å². The fraction of sp³-hybridized carbons (Fsp3) is 0.444. The molecule has 2 aromatic rings. The number of hydrogen-bond donors (Lipinski definition) is 1. The molecule has 1 aliphatic heterocycles. The van der Waals surface area contributed by atoms with E-state index >= 15 is 0 Å². The zero-order valence-corrected chi connectivity index (χ0v) is 14.7. The zero-order valence-electron chi connectivity index (χ0n) is 14.7. The van der Waals surface area contributed by atoms with E-state index in [1.807, 2.05) is 24.0 Å². The van der Waals surface area contributed by atoms with Crippen molar-refractivity contribution in [3.8, 4) is 17.3 Å². The molecule has 0 bridgehead atoms. The number of nitrogens with zero attached hydrogens (tertiary/aromatic N) is 4. The number of pyridine rings is 1. The Labute approximate surface area is 147 Å². The molecule has 132 valence electrons. The van der Waals surface area contributed by atoms with Crippen LogP contribution < -0.4 is 10.1 Å². The monoisotopic (exact) mass is 341 g/mol. The smallest absolute Gasteiger partial charge is 0.222 e. The van der Waals surface area contributed by atoms with Crippen LogP contribution in [0.15, 0.2) is 24.4 Å². The van der Waals surface area contributed by atoms with E-state index in [4.69, 9.17) is 4.74 Å². The van der Waals surface area contributed by atoms with E-state index in [0.29, 0.717) is 18.1 Å². The maximum atomic E-state index is 11.6. The van der Waals surface area contributed by atoms with E-state index in [-0.39, 0.29) is 5.91 Å². The third-order valence-electron chi connectivity index (χ3n) is 4.14. The van der Waals surface area contributed by atoms with Crippen molar-refractivity contribution in [2.24, 2.45) is 0 Å². The van der Waals surface area contributed by atoms with Crippen molar-refractivity contribution in [2.75, 3.05) is 32.1 Å². The Morgan fingerprint density at radius 1 is 1.32 bits per heavy atom. The number of likely N-dealkylation sites (tertiary alicyclic amines) is 1. The number of amides is 1. The molecule has 2 aromatic heterocycles. The van der Waals surface area contributed by atoms with Crippen LogP contribution in [0.3, 0.4) is 0 Å². The molecule has 0 spiro atoms. The first-order valence-corrected chi connectivity index (χ1v) is 8.53. The Bertz CT molecular complexity index is 733. The van der Waals surface area contributed by atoms with Crippen LogP contribution in [-0.4, -0.2) is 52.5 Å². The first kappa shape index (κ1) is 17.1. The lowest BCUT2D eigenvalue weighted by Crippen LogP contribution is -2.27. The van der Waals surface area contributed by atoms with Crippen LogP contribution in [0.25, 0.3) is 11.4 Å². The number of anilines is 1. The quantitative estimate of drug-likeness (QED) is 0.778. The highest BCUT2D eigenvalue weighted by atomic mass is 16.5. The molecule has 3 rings (SSSR count). The van der Waals surface area contributed by atoms with Gasteiger partial charge in [0, 0.05) is 55.6 Å². The molecule has 0 unspecified atom stereocenters. The second kappa shape index (κ2) is 7.92. The lowest BCUT2D eigenvalue weighted by Gasteiger charge is -2.15. The number of carbonyl (C=O) groups is 1. The molecule has 0 saturated carbocycles. The molecule has 3 heterocycles. The van der Waals surface area contributed by atoms with Crippen LogP contribution in [0, 0.1) is 6.92 Å². The van der Waals surface area contributed by atoms with Gasteiger partial charge in [0.1, 0.15) is 5.82 Å². The van der Waals surface area contributed by atoms with Gasteiger partial charge in [0.2, 0.25) is 11.8 Å². The molecule has 0 aromatic carbocycles. The average molecular weight is 341 g/mol. The molecule has 1 saturated heterocycles. The minimum Gasteiger partial charge on any atom is -0.481 e. The Morgan fingerprint density at radius 2 is 2.20 bits per heavy atom. The van der Waals surface area contributed by atoms with Crippen molar-refractivity contribution < 1.29 is 9.53 Å². The molecule has 0 atom stereocenters. The molecule has 0 aliphatic carbocycles. The first-order chi connectivity index (χ1) is 12.2. The highest BCUT2D eigenvalue weighted by Crippen LogP contribution is 2.19. The minimum atomic E-state index is 0.271. The summed E-state index contributed by atoms with van der Waals surface area (Å²) in [4.78, 5) is 26.8. The summed E-state index contributed by atoms with van der Waals surface area (Å²) in [6.07, 6.45) is 4.28. The fourth-order valence-corrected chi connectivity index (χ4v) is 2.85. The average Bonchev–Trinajstić information content (AvgIpc) is 3.03. The third-order valence-corrected chi connectivity index (χ3v) is 4.14. The maximum absolute atomic E-state index is 11.6. The summed E-state index contributed by atoms with van der Waals surface area (Å²) in [5.74, 6) is 2.25. The van der Waals surface area contributed by atoms with Gasteiger partial charge in [-0.1, -0.05) is 0 Å². The predicted octanol–water partition coefficient (Wildman–Crippen LogP) is 2.28. The third kappa shape index (κ3) is 4.43. The molecule has 0 radical (unpaired) electrons. The number of carbonyl (C=O) groups excluding carboxylic acids is 1. The molecule has 25 heavy (non-hydrogen) atoms. The summed E-state index contributed by atoms with van der Waals surface area (Å²) in [6, 6.07) is 5.60. The lowest BCUT2D eigenvalue weighted by atomic mass is 10.2. The largest absolute Gasteiger partial charge is 0.481 e. The van der Waals surface area contributed by atoms with Gasteiger partial charge in [-0.25, -0.2) is 15.0 Å². The van der Waals surface area contributed by atoms with Crippen molar-refractivity contribution in [1.29, 1.82) is 0 Å². The molecular weight excluding hydrogens is 318 g/mol. The number of aromatic nitrogens is 3. The standard InChI is InChI=1S/C18H23N5O2/c1-13-11-15(19-8-4-10-23-9-3-5-17(23)24)22-18(21-13)14-6-7-16(25-2)20-12-14/h6-7,11-12H,3-5,8-10H2,1-2H3,(H,19,21,22). The van der Waals surface area contributed by atoms with Crippen molar-refractivity contribution >= 4 is 11.7 Å². The van der Waals surface area contributed by atoms with Gasteiger partial charge >= 0.3 is 0 Å². The van der Waals surface area contributed by atoms with Crippen LogP contribution in [0.2, 0.25) is 0 Å². The Balaban J connectivity index is 1.59. The molecule has 1 fully saturated rings. The topological polar surface area (TPSA) is 80.2 Å². The summed E-state index contributed by atoms with van der Waals surface area (Å²) in [5, 5.41) is 3.32. The number of methoxy groups -OCH3 is 1. The number of ether oxygens (including phenoxy) is 1. The highest BCUT2D eigenvalue weighted by molar-refractivity contribution is 5.78. The normalized spacial score (nSPS) is 14.0. The van der Waals surface area contributed by atoms with Gasteiger partial charge in [0.25, 0.3) is 0 Å². The molecular formula is C18H23N5O2. The van der Waals surface area contributed by atoms with Gasteiger partial charge in [-0.15, -0.1) is 0 Å². The summed E-state index contributed by atoms with van der Waals surface area (Å²) in [5.41, 5.74) is 1.73. The lowest BCUT2D eigenvalue weighted by molar-refractivity contribution is -0.127. The molecule has 1 aliphatic rings. The van der Waals surface area contributed by atoms with E-state index in [9.17, 15) is 4.79 Å². The van der Waals surface area contributed by atoms with Gasteiger partial charge in [0.15, 0.2) is 5.82 Å². The van der Waals surface area contributed by atoms with E-state index in [2.05, 4.69) is 20.3 Å². The zero-order chi connectivity index (χ0) is 17.6. The Kier molecular flexibility index (Phi) is 5.42. The summed E-state index contributed by atoms with van der Waals surface area (Å²) in [6.45, 7) is 4.39. The van der Waals surface area contributed by atoms with Gasteiger partial charge < -0.3 is 15.0 Å². The summed E-state index contributed by atoms with van der Waals surface area (Å²) >= 11 is 0. The van der Waals surface area contributed by atoms with Gasteiger partial charge in [-0.3, -0.25) is 4.79 Å². The summed E-state index contributed by atoms with van der Waals surface area (Å²) in [7, 11) is 1.59. The van der Waals surface area contributed by atoms with E-state index < -0.39 is 0 Å². The Morgan fingerprint density at radius 3 is 2.88 bits per heavy atom. The van der Waals surface area contributed by atoms with Crippen LogP contribution in [-0.2, 0) is 4.79 Å². The van der Waals surface area contributed by atoms with E-state index in [1.165, 1.54) is 0 Å². The second-order valence-electron chi connectivity index (χ2n) is 6.07.